The van der Waals surface area contributed by atoms with Crippen molar-refractivity contribution in [3.05, 3.63) is 15.6 Å². The Morgan fingerprint density at radius 3 is 2.69 bits per heavy atom. The minimum atomic E-state index is 0.755. The fourth-order valence-corrected chi connectivity index (χ4v) is 2.90. The lowest BCUT2D eigenvalue weighted by Gasteiger charge is -2.13. The Balaban J connectivity index is 1.84. The van der Waals surface area contributed by atoms with Crippen LogP contribution in [-0.4, -0.2) is 17.6 Å². The van der Waals surface area contributed by atoms with Gasteiger partial charge >= 0.3 is 0 Å². The van der Waals surface area contributed by atoms with Gasteiger partial charge in [0.25, 0.3) is 0 Å². The van der Waals surface area contributed by atoms with Gasteiger partial charge in [0, 0.05) is 17.3 Å². The van der Waals surface area contributed by atoms with E-state index in [2.05, 4.69) is 31.1 Å². The van der Waals surface area contributed by atoms with Crippen molar-refractivity contribution in [2.45, 2.75) is 52.5 Å². The van der Waals surface area contributed by atoms with E-state index in [0.29, 0.717) is 0 Å². The van der Waals surface area contributed by atoms with Gasteiger partial charge in [-0.1, -0.05) is 13.3 Å². The highest BCUT2D eigenvalue weighted by Gasteiger charge is 2.21. The maximum Gasteiger partial charge on any atom is 0.0934 e. The molecule has 1 aliphatic rings. The van der Waals surface area contributed by atoms with Crippen LogP contribution in [0.4, 0.5) is 0 Å². The lowest BCUT2D eigenvalue weighted by atomic mass is 10.0. The van der Waals surface area contributed by atoms with Crippen molar-refractivity contribution in [3.8, 4) is 0 Å². The van der Waals surface area contributed by atoms with E-state index in [1.165, 1.54) is 41.4 Å². The van der Waals surface area contributed by atoms with E-state index in [0.717, 1.165) is 18.4 Å². The number of aromatic nitrogens is 1. The average Bonchev–Trinajstić information content (AvgIpc) is 3.02. The molecule has 0 bridgehead atoms. The highest BCUT2D eigenvalue weighted by atomic mass is 32.1. The maximum atomic E-state index is 4.63. The molecule has 1 N–H and O–H groups in total. The molecule has 16 heavy (non-hydrogen) atoms. The molecule has 0 aromatic carbocycles. The molecule has 0 saturated heterocycles. The van der Waals surface area contributed by atoms with Crippen LogP contribution in [0.15, 0.2) is 0 Å². The van der Waals surface area contributed by atoms with Crippen LogP contribution in [0.5, 0.6) is 0 Å². The van der Waals surface area contributed by atoms with Gasteiger partial charge < -0.3 is 5.32 Å². The fourth-order valence-electron chi connectivity index (χ4n) is 1.86. The highest BCUT2D eigenvalue weighted by molar-refractivity contribution is 7.11. The number of nitrogens with one attached hydrogen (secondary N) is 1. The average molecular weight is 238 g/mol. The van der Waals surface area contributed by atoms with E-state index >= 15 is 0 Å². The predicted molar refractivity (Wildman–Crippen MR) is 70.1 cm³/mol. The van der Waals surface area contributed by atoms with Gasteiger partial charge in [0.2, 0.25) is 0 Å². The normalized spacial score (nSPS) is 17.7. The van der Waals surface area contributed by atoms with Gasteiger partial charge in [-0.05, 0) is 39.2 Å². The number of nitrogens with zero attached hydrogens (tertiary/aromatic N) is 1. The molecule has 1 aromatic rings. The quantitative estimate of drug-likeness (QED) is 0.824. The second-order valence-electron chi connectivity index (χ2n) is 4.91. The molecule has 1 atom stereocenters. The Hall–Kier alpha value is -0.410. The summed E-state index contributed by atoms with van der Waals surface area (Å²) >= 11 is 1.87. The standard InChI is InChI=1S/C13H22N2S/c1-4-11(8-14-12-5-6-12)7-13-15-9(2)10(3)16-13/h11-12,14H,4-8H2,1-3H3. The lowest BCUT2D eigenvalue weighted by molar-refractivity contribution is 0.458. The Morgan fingerprint density at radius 1 is 1.44 bits per heavy atom. The smallest absolute Gasteiger partial charge is 0.0934 e. The summed E-state index contributed by atoms with van der Waals surface area (Å²) in [4.78, 5) is 6.01. The third kappa shape index (κ3) is 3.29. The van der Waals surface area contributed by atoms with Crippen molar-refractivity contribution in [3.63, 3.8) is 0 Å². The lowest BCUT2D eigenvalue weighted by Crippen LogP contribution is -2.25. The topological polar surface area (TPSA) is 24.9 Å². The minimum absolute atomic E-state index is 0.755. The van der Waals surface area contributed by atoms with Crippen LogP contribution in [0.1, 0.15) is 41.8 Å². The fraction of sp³-hybridized carbons (Fsp3) is 0.769. The van der Waals surface area contributed by atoms with E-state index in [1.54, 1.807) is 0 Å². The van der Waals surface area contributed by atoms with Crippen molar-refractivity contribution in [2.75, 3.05) is 6.54 Å². The second kappa shape index (κ2) is 5.28. The summed E-state index contributed by atoms with van der Waals surface area (Å²) in [6.45, 7) is 7.73. The summed E-state index contributed by atoms with van der Waals surface area (Å²) in [5.74, 6) is 0.755. The summed E-state index contributed by atoms with van der Waals surface area (Å²) in [6, 6.07) is 0.828. The first-order valence-electron chi connectivity index (χ1n) is 6.35. The summed E-state index contributed by atoms with van der Waals surface area (Å²) in [5.41, 5.74) is 1.21. The monoisotopic (exact) mass is 238 g/mol. The SMILES string of the molecule is CCC(CNC1CC1)Cc1nc(C)c(C)s1. The number of thiazole rings is 1. The summed E-state index contributed by atoms with van der Waals surface area (Å²) in [5, 5.41) is 4.95. The van der Waals surface area contributed by atoms with Crippen LogP contribution in [0.25, 0.3) is 0 Å². The molecule has 0 radical (unpaired) electrons. The molecule has 1 saturated carbocycles. The Labute approximate surface area is 102 Å². The molecule has 2 nitrogen and oxygen atoms in total. The van der Waals surface area contributed by atoms with Crippen LogP contribution in [-0.2, 0) is 6.42 Å². The number of hydrogen-bond acceptors (Lipinski definition) is 3. The van der Waals surface area contributed by atoms with Gasteiger partial charge in [0.05, 0.1) is 10.7 Å². The molecular weight excluding hydrogens is 216 g/mol. The van der Waals surface area contributed by atoms with Crippen LogP contribution < -0.4 is 5.32 Å². The highest BCUT2D eigenvalue weighted by Crippen LogP contribution is 2.22. The molecule has 1 aromatic heterocycles. The van der Waals surface area contributed by atoms with E-state index in [1.807, 2.05) is 11.3 Å². The van der Waals surface area contributed by atoms with E-state index in [-0.39, 0.29) is 0 Å². The number of aryl methyl sites for hydroxylation is 2. The number of rotatable bonds is 6. The van der Waals surface area contributed by atoms with Crippen molar-refractivity contribution in [2.24, 2.45) is 5.92 Å². The maximum absolute atomic E-state index is 4.63. The molecule has 0 amide bonds. The van der Waals surface area contributed by atoms with Crippen LogP contribution in [0, 0.1) is 19.8 Å². The third-order valence-electron chi connectivity index (χ3n) is 3.39. The first-order chi connectivity index (χ1) is 7.69. The molecule has 90 valence electrons. The van der Waals surface area contributed by atoms with Gasteiger partial charge in [-0.15, -0.1) is 11.3 Å². The van der Waals surface area contributed by atoms with Gasteiger partial charge in [-0.3, -0.25) is 0 Å². The van der Waals surface area contributed by atoms with E-state index in [4.69, 9.17) is 0 Å². The predicted octanol–water partition coefficient (Wildman–Crippen LogP) is 3.08. The second-order valence-corrected chi connectivity index (χ2v) is 6.20. The van der Waals surface area contributed by atoms with E-state index in [9.17, 15) is 0 Å². The van der Waals surface area contributed by atoms with Gasteiger partial charge in [0.1, 0.15) is 0 Å². The van der Waals surface area contributed by atoms with Crippen molar-refractivity contribution >= 4 is 11.3 Å². The van der Waals surface area contributed by atoms with Crippen molar-refractivity contribution in [1.29, 1.82) is 0 Å². The molecular formula is C13H22N2S. The molecule has 1 unspecified atom stereocenters. The van der Waals surface area contributed by atoms with Crippen LogP contribution in [0.3, 0.4) is 0 Å². The zero-order valence-electron chi connectivity index (χ0n) is 10.5. The Bertz CT molecular complexity index is 322. The summed E-state index contributed by atoms with van der Waals surface area (Å²) in [6.07, 6.45) is 5.16. The third-order valence-corrected chi connectivity index (χ3v) is 4.48. The molecule has 1 aliphatic carbocycles. The zero-order valence-corrected chi connectivity index (χ0v) is 11.4. The molecule has 0 spiro atoms. The summed E-state index contributed by atoms with van der Waals surface area (Å²) < 4.78 is 0. The molecule has 1 heterocycles. The Morgan fingerprint density at radius 2 is 2.19 bits per heavy atom. The number of hydrogen-bond donors (Lipinski definition) is 1. The molecule has 1 fully saturated rings. The largest absolute Gasteiger partial charge is 0.314 e. The van der Waals surface area contributed by atoms with Gasteiger partial charge in [-0.25, -0.2) is 4.98 Å². The zero-order chi connectivity index (χ0) is 11.5. The first kappa shape index (κ1) is 12.1. The molecule has 3 heteroatoms. The van der Waals surface area contributed by atoms with Gasteiger partial charge in [-0.2, -0.15) is 0 Å². The van der Waals surface area contributed by atoms with Crippen molar-refractivity contribution < 1.29 is 0 Å². The van der Waals surface area contributed by atoms with Crippen LogP contribution >= 0.6 is 11.3 Å². The van der Waals surface area contributed by atoms with Crippen LogP contribution in [0.2, 0.25) is 0 Å². The van der Waals surface area contributed by atoms with E-state index < -0.39 is 0 Å². The minimum Gasteiger partial charge on any atom is -0.314 e. The molecule has 0 aliphatic heterocycles. The van der Waals surface area contributed by atoms with Crippen molar-refractivity contribution in [1.82, 2.24) is 10.3 Å². The molecule has 2 rings (SSSR count). The first-order valence-corrected chi connectivity index (χ1v) is 7.17. The Kier molecular flexibility index (Phi) is 3.98. The summed E-state index contributed by atoms with van der Waals surface area (Å²) in [7, 11) is 0. The van der Waals surface area contributed by atoms with Gasteiger partial charge in [0.15, 0.2) is 0 Å².